The molecule has 0 unspecified atom stereocenters. The molecule has 0 aliphatic carbocycles. The van der Waals surface area contributed by atoms with Crippen LogP contribution in [0.1, 0.15) is 29.6 Å². The van der Waals surface area contributed by atoms with E-state index < -0.39 is 17.6 Å². The van der Waals surface area contributed by atoms with E-state index in [1.54, 1.807) is 4.90 Å². The van der Waals surface area contributed by atoms with Crippen LogP contribution in [0.25, 0.3) is 0 Å². The highest BCUT2D eigenvalue weighted by Gasteiger charge is 2.25. The molecule has 1 fully saturated rings. The van der Waals surface area contributed by atoms with E-state index in [4.69, 9.17) is 5.11 Å². The number of hydrogen-bond acceptors (Lipinski definition) is 2. The number of carbonyl (C=O) groups excluding carboxylic acids is 1. The van der Waals surface area contributed by atoms with Crippen molar-refractivity contribution in [3.05, 3.63) is 35.4 Å². The Hall–Kier alpha value is -1.98. The first-order valence-electron chi connectivity index (χ1n) is 6.43. The second-order valence-corrected chi connectivity index (χ2v) is 4.96. The van der Waals surface area contributed by atoms with Crippen molar-refractivity contribution in [1.29, 1.82) is 0 Å². The third-order valence-electron chi connectivity index (χ3n) is 3.53. The first-order valence-corrected chi connectivity index (χ1v) is 6.43. The number of carboxylic acid groups (broad SMARTS) is 1. The van der Waals surface area contributed by atoms with E-state index in [0.29, 0.717) is 25.9 Å². The van der Waals surface area contributed by atoms with Gasteiger partial charge in [0.1, 0.15) is 0 Å². The van der Waals surface area contributed by atoms with Gasteiger partial charge in [0.25, 0.3) is 5.91 Å². The Kier molecular flexibility index (Phi) is 4.32. The summed E-state index contributed by atoms with van der Waals surface area (Å²) in [4.78, 5) is 24.3. The van der Waals surface area contributed by atoms with Gasteiger partial charge in [0.15, 0.2) is 11.6 Å². The lowest BCUT2D eigenvalue weighted by Gasteiger charge is -2.31. The Morgan fingerprint density at radius 3 is 2.40 bits per heavy atom. The molecule has 4 nitrogen and oxygen atoms in total. The number of aliphatic carboxylic acids is 1. The molecular weight excluding hydrogens is 268 g/mol. The first kappa shape index (κ1) is 14.4. The topological polar surface area (TPSA) is 57.6 Å². The van der Waals surface area contributed by atoms with Crippen LogP contribution in [-0.4, -0.2) is 35.0 Å². The lowest BCUT2D eigenvalue weighted by atomic mass is 9.93. The van der Waals surface area contributed by atoms with Crippen molar-refractivity contribution in [2.24, 2.45) is 5.92 Å². The van der Waals surface area contributed by atoms with E-state index >= 15 is 0 Å². The molecule has 1 aliphatic heterocycles. The quantitative estimate of drug-likeness (QED) is 0.926. The molecule has 0 spiro atoms. The Bertz CT molecular complexity index is 525. The van der Waals surface area contributed by atoms with Crippen molar-refractivity contribution >= 4 is 11.9 Å². The molecule has 1 aromatic carbocycles. The number of rotatable bonds is 3. The molecular formula is C14H15F2NO3. The van der Waals surface area contributed by atoms with Crippen LogP contribution in [0, 0.1) is 17.6 Å². The molecule has 0 bridgehead atoms. The van der Waals surface area contributed by atoms with Gasteiger partial charge in [-0.05, 0) is 37.0 Å². The molecule has 1 saturated heterocycles. The highest BCUT2D eigenvalue weighted by Crippen LogP contribution is 2.22. The Morgan fingerprint density at radius 2 is 1.85 bits per heavy atom. The monoisotopic (exact) mass is 283 g/mol. The molecule has 0 atom stereocenters. The van der Waals surface area contributed by atoms with Gasteiger partial charge in [0.2, 0.25) is 0 Å². The average molecular weight is 283 g/mol. The fourth-order valence-corrected chi connectivity index (χ4v) is 2.40. The second-order valence-electron chi connectivity index (χ2n) is 4.96. The summed E-state index contributed by atoms with van der Waals surface area (Å²) in [5.41, 5.74) is 0.112. The van der Waals surface area contributed by atoms with E-state index in [1.165, 1.54) is 6.07 Å². The maximum atomic E-state index is 13.1. The van der Waals surface area contributed by atoms with Crippen molar-refractivity contribution in [1.82, 2.24) is 4.90 Å². The molecule has 2 rings (SSSR count). The summed E-state index contributed by atoms with van der Waals surface area (Å²) in [5, 5.41) is 8.72. The fourth-order valence-electron chi connectivity index (χ4n) is 2.40. The number of benzene rings is 1. The summed E-state index contributed by atoms with van der Waals surface area (Å²) in [6.45, 7) is 0.881. The summed E-state index contributed by atoms with van der Waals surface area (Å²) in [7, 11) is 0. The van der Waals surface area contributed by atoms with Gasteiger partial charge in [-0.15, -0.1) is 0 Å². The number of halogens is 2. The molecule has 0 radical (unpaired) electrons. The first-order chi connectivity index (χ1) is 9.47. The highest BCUT2D eigenvalue weighted by molar-refractivity contribution is 5.94. The number of carboxylic acids is 1. The third-order valence-corrected chi connectivity index (χ3v) is 3.53. The van der Waals surface area contributed by atoms with E-state index in [2.05, 4.69) is 0 Å². The molecule has 1 amide bonds. The van der Waals surface area contributed by atoms with Crippen molar-refractivity contribution in [3.8, 4) is 0 Å². The van der Waals surface area contributed by atoms with Crippen LogP contribution in [-0.2, 0) is 4.79 Å². The largest absolute Gasteiger partial charge is 0.481 e. The van der Waals surface area contributed by atoms with Crippen LogP contribution < -0.4 is 0 Å². The van der Waals surface area contributed by atoms with Gasteiger partial charge in [-0.3, -0.25) is 9.59 Å². The summed E-state index contributed by atoms with van der Waals surface area (Å²) < 4.78 is 25.9. The number of nitrogens with zero attached hydrogens (tertiary/aromatic N) is 1. The Morgan fingerprint density at radius 1 is 1.20 bits per heavy atom. The predicted octanol–water partition coefficient (Wildman–Crippen LogP) is 2.29. The zero-order chi connectivity index (χ0) is 14.7. The lowest BCUT2D eigenvalue weighted by Crippen LogP contribution is -2.39. The van der Waals surface area contributed by atoms with Crippen LogP contribution in [0.2, 0.25) is 0 Å². The fraction of sp³-hybridized carbons (Fsp3) is 0.429. The van der Waals surface area contributed by atoms with Gasteiger partial charge in [-0.25, -0.2) is 8.78 Å². The minimum Gasteiger partial charge on any atom is -0.481 e. The molecule has 108 valence electrons. The maximum Gasteiger partial charge on any atom is 0.303 e. The summed E-state index contributed by atoms with van der Waals surface area (Å²) in [6.07, 6.45) is 1.33. The molecule has 1 heterocycles. The van der Waals surface area contributed by atoms with E-state index in [-0.39, 0.29) is 23.8 Å². The van der Waals surface area contributed by atoms with Crippen LogP contribution in [0.5, 0.6) is 0 Å². The van der Waals surface area contributed by atoms with Crippen molar-refractivity contribution in [2.45, 2.75) is 19.3 Å². The molecule has 20 heavy (non-hydrogen) atoms. The number of hydrogen-bond donors (Lipinski definition) is 1. The zero-order valence-electron chi connectivity index (χ0n) is 10.8. The van der Waals surface area contributed by atoms with Gasteiger partial charge in [0.05, 0.1) is 0 Å². The van der Waals surface area contributed by atoms with Crippen molar-refractivity contribution in [3.63, 3.8) is 0 Å². The standard InChI is InChI=1S/C14H15F2NO3/c15-11-2-1-10(8-12(11)16)14(20)17-5-3-9(4-6-17)7-13(18)19/h1-2,8-9H,3-7H2,(H,18,19). The van der Waals surface area contributed by atoms with Crippen LogP contribution >= 0.6 is 0 Å². The van der Waals surface area contributed by atoms with Gasteiger partial charge in [-0.1, -0.05) is 0 Å². The predicted molar refractivity (Wildman–Crippen MR) is 67.2 cm³/mol. The van der Waals surface area contributed by atoms with Crippen molar-refractivity contribution in [2.75, 3.05) is 13.1 Å². The molecule has 0 aromatic heterocycles. The summed E-state index contributed by atoms with van der Waals surface area (Å²) in [6, 6.07) is 3.07. The van der Waals surface area contributed by atoms with Gasteiger partial charge in [-0.2, -0.15) is 0 Å². The number of likely N-dealkylation sites (tertiary alicyclic amines) is 1. The van der Waals surface area contributed by atoms with E-state index in [1.807, 2.05) is 0 Å². The zero-order valence-corrected chi connectivity index (χ0v) is 10.8. The molecule has 1 aromatic rings. The summed E-state index contributed by atoms with van der Waals surface area (Å²) >= 11 is 0. The van der Waals surface area contributed by atoms with Crippen molar-refractivity contribution < 1.29 is 23.5 Å². The molecule has 0 saturated carbocycles. The van der Waals surface area contributed by atoms with Gasteiger partial charge in [0, 0.05) is 25.1 Å². The number of carbonyl (C=O) groups is 2. The minimum absolute atomic E-state index is 0.0708. The van der Waals surface area contributed by atoms with Gasteiger partial charge < -0.3 is 10.0 Å². The van der Waals surface area contributed by atoms with Crippen LogP contribution in [0.3, 0.4) is 0 Å². The van der Waals surface area contributed by atoms with Crippen LogP contribution in [0.15, 0.2) is 18.2 Å². The SMILES string of the molecule is O=C(O)CC1CCN(C(=O)c2ccc(F)c(F)c2)CC1. The van der Waals surface area contributed by atoms with Gasteiger partial charge >= 0.3 is 5.97 Å². The Balaban J connectivity index is 1.97. The maximum absolute atomic E-state index is 13.1. The smallest absolute Gasteiger partial charge is 0.303 e. The van der Waals surface area contributed by atoms with Crippen LogP contribution in [0.4, 0.5) is 8.78 Å². The molecule has 6 heteroatoms. The lowest BCUT2D eigenvalue weighted by molar-refractivity contribution is -0.138. The van der Waals surface area contributed by atoms with E-state index in [9.17, 15) is 18.4 Å². The number of amides is 1. The third kappa shape index (κ3) is 3.31. The normalized spacial score (nSPS) is 16.2. The minimum atomic E-state index is -1.04. The highest BCUT2D eigenvalue weighted by atomic mass is 19.2. The second kappa shape index (κ2) is 5.98. The van der Waals surface area contributed by atoms with E-state index in [0.717, 1.165) is 12.1 Å². The summed E-state index contributed by atoms with van der Waals surface area (Å²) in [5.74, 6) is -3.15. The number of piperidine rings is 1. The Labute approximate surface area is 115 Å². The average Bonchev–Trinajstić information content (AvgIpc) is 2.41. The molecule has 1 aliphatic rings. The molecule has 1 N–H and O–H groups in total.